The van der Waals surface area contributed by atoms with Crippen molar-refractivity contribution >= 4 is 94.7 Å². The van der Waals surface area contributed by atoms with Crippen LogP contribution in [0.1, 0.15) is 17.7 Å². The third-order valence-electron chi connectivity index (χ3n) is 16.9. The topological polar surface area (TPSA) is 21.3 Å². The van der Waals surface area contributed by atoms with Crippen LogP contribution in [0.3, 0.4) is 0 Å². The van der Waals surface area contributed by atoms with Gasteiger partial charge in [0, 0.05) is 89.4 Å². The van der Waals surface area contributed by atoms with Crippen LogP contribution in [0.25, 0.3) is 99.9 Å². The highest BCUT2D eigenvalue weighted by Gasteiger charge is 2.24. The Balaban J connectivity index is 0.910. The molecule has 0 bridgehead atoms. The lowest BCUT2D eigenvalue weighted by molar-refractivity contribution is 0.888. The molecule has 5 heteroatoms. The standard InChI is InChI=1S/C78H55N5/c1-6-20-54(21-7-1)56-34-38-61(39-35-56)79(63-42-46-75-69(50-63)67-30-16-18-32-73(67)81(75)58-24-10-3-11-25-58)65-44-48-77-71(52-65)72-53-66(45-49-78(72)83(77)60-28-14-5-15-29-60)80(62-40-36-57(37-41-62)55-22-8-2-9-23-55)64-43-47-76-70(51-64)68-31-17-19-33-74(68)82(76)59-26-12-4-13-27-59/h1-18,20-32,34-53H,19,33H2. The van der Waals surface area contributed by atoms with Crippen molar-refractivity contribution in [2.75, 3.05) is 9.80 Å². The van der Waals surface area contributed by atoms with E-state index >= 15 is 0 Å². The molecule has 1 aliphatic rings. The van der Waals surface area contributed by atoms with Gasteiger partial charge in [0.05, 0.1) is 27.6 Å². The summed E-state index contributed by atoms with van der Waals surface area (Å²) in [4.78, 5) is 4.88. The van der Waals surface area contributed by atoms with Crippen molar-refractivity contribution in [3.63, 3.8) is 0 Å². The van der Waals surface area contributed by atoms with E-state index in [0.29, 0.717) is 0 Å². The molecule has 1 aliphatic carbocycles. The Labute approximate surface area is 482 Å². The minimum Gasteiger partial charge on any atom is -0.313 e. The minimum absolute atomic E-state index is 0.989. The maximum Gasteiger partial charge on any atom is 0.0542 e. The maximum absolute atomic E-state index is 2.47. The van der Waals surface area contributed by atoms with Gasteiger partial charge < -0.3 is 23.5 Å². The molecule has 5 nitrogen and oxygen atoms in total. The zero-order valence-corrected chi connectivity index (χ0v) is 45.6. The molecule has 0 radical (unpaired) electrons. The molecule has 12 aromatic carbocycles. The van der Waals surface area contributed by atoms with Crippen molar-refractivity contribution < 1.29 is 0 Å². The van der Waals surface area contributed by atoms with Gasteiger partial charge in [0.15, 0.2) is 0 Å². The number of para-hydroxylation sites is 4. The van der Waals surface area contributed by atoms with Gasteiger partial charge in [0.25, 0.3) is 0 Å². The summed E-state index contributed by atoms with van der Waals surface area (Å²) in [6.45, 7) is 0. The number of nitrogens with zero attached hydrogens (tertiary/aromatic N) is 5. The fourth-order valence-corrected chi connectivity index (χ4v) is 13.1. The molecular weight excluding hydrogens is 1010 g/mol. The van der Waals surface area contributed by atoms with Crippen LogP contribution in [-0.2, 0) is 6.42 Å². The molecule has 16 rings (SSSR count). The molecular formula is C78H55N5. The van der Waals surface area contributed by atoms with Crippen molar-refractivity contribution in [1.29, 1.82) is 0 Å². The molecule has 0 saturated heterocycles. The Morgan fingerprint density at radius 3 is 1.02 bits per heavy atom. The smallest absolute Gasteiger partial charge is 0.0542 e. The van der Waals surface area contributed by atoms with Crippen molar-refractivity contribution in [3.8, 4) is 39.3 Å². The summed E-state index contributed by atoms with van der Waals surface area (Å²) >= 11 is 0. The van der Waals surface area contributed by atoms with Gasteiger partial charge in [-0.3, -0.25) is 0 Å². The van der Waals surface area contributed by atoms with Crippen LogP contribution in [0, 0.1) is 0 Å². The predicted molar refractivity (Wildman–Crippen MR) is 350 cm³/mol. The first-order valence-corrected chi connectivity index (χ1v) is 28.7. The number of hydrogen-bond acceptors (Lipinski definition) is 2. The second-order valence-electron chi connectivity index (χ2n) is 21.6. The number of benzene rings is 12. The monoisotopic (exact) mass is 1060 g/mol. The second-order valence-corrected chi connectivity index (χ2v) is 21.6. The first-order valence-electron chi connectivity index (χ1n) is 28.7. The van der Waals surface area contributed by atoms with E-state index in [1.165, 1.54) is 66.4 Å². The largest absolute Gasteiger partial charge is 0.313 e. The number of rotatable bonds is 11. The SMILES string of the molecule is C1=Cc2c(n(-c3ccccc3)c3ccc(N(c4ccc(-c5ccccc5)cc4)c4ccc5c(c4)c4cc(N(c6ccc(-c7ccccc7)cc6)c6ccc7c(c6)c6ccccc6n7-c6ccccc6)ccc4n5-c4ccccc4)cc23)CC1. The molecule has 0 saturated carbocycles. The molecule has 3 heterocycles. The van der Waals surface area contributed by atoms with Gasteiger partial charge in [0.1, 0.15) is 0 Å². The predicted octanol–water partition coefficient (Wildman–Crippen LogP) is 21.1. The number of fused-ring (bicyclic) bond motifs is 9. The molecule has 0 fully saturated rings. The summed E-state index contributed by atoms with van der Waals surface area (Å²) in [6, 6.07) is 109. The first kappa shape index (κ1) is 48.1. The average molecular weight is 1060 g/mol. The second kappa shape index (κ2) is 20.0. The van der Waals surface area contributed by atoms with Crippen molar-refractivity contribution in [1.82, 2.24) is 13.7 Å². The molecule has 0 amide bonds. The van der Waals surface area contributed by atoms with Gasteiger partial charge >= 0.3 is 0 Å². The van der Waals surface area contributed by atoms with Gasteiger partial charge in [-0.25, -0.2) is 0 Å². The number of hydrogen-bond donors (Lipinski definition) is 0. The third kappa shape index (κ3) is 8.24. The quantitative estimate of drug-likeness (QED) is 0.129. The Bertz CT molecular complexity index is 4920. The van der Waals surface area contributed by atoms with Crippen LogP contribution in [0.15, 0.2) is 303 Å². The summed E-state index contributed by atoms with van der Waals surface area (Å²) in [7, 11) is 0. The van der Waals surface area contributed by atoms with Gasteiger partial charge in [-0.2, -0.15) is 0 Å². The van der Waals surface area contributed by atoms with Crippen molar-refractivity contribution in [2.45, 2.75) is 12.8 Å². The molecule has 83 heavy (non-hydrogen) atoms. The van der Waals surface area contributed by atoms with E-state index in [2.05, 4.69) is 333 Å². The average Bonchev–Trinajstić information content (AvgIpc) is 2.93. The Morgan fingerprint density at radius 1 is 0.253 bits per heavy atom. The highest BCUT2D eigenvalue weighted by atomic mass is 15.2. The summed E-state index contributed by atoms with van der Waals surface area (Å²) in [5, 5.41) is 5.97. The highest BCUT2D eigenvalue weighted by molar-refractivity contribution is 6.13. The zero-order valence-electron chi connectivity index (χ0n) is 45.6. The third-order valence-corrected chi connectivity index (χ3v) is 16.9. The van der Waals surface area contributed by atoms with E-state index in [9.17, 15) is 0 Å². The Morgan fingerprint density at radius 2 is 0.578 bits per heavy atom. The van der Waals surface area contributed by atoms with Crippen LogP contribution in [-0.4, -0.2) is 13.7 Å². The maximum atomic E-state index is 2.47. The van der Waals surface area contributed by atoms with Crippen LogP contribution < -0.4 is 9.80 Å². The molecule has 3 aromatic heterocycles. The van der Waals surface area contributed by atoms with Gasteiger partial charge in [-0.1, -0.05) is 170 Å². The number of anilines is 6. The lowest BCUT2D eigenvalue weighted by Crippen LogP contribution is -2.10. The molecule has 0 N–H and O–H groups in total. The molecule has 0 spiro atoms. The zero-order chi connectivity index (χ0) is 54.8. The molecule has 0 unspecified atom stereocenters. The summed E-state index contributed by atoms with van der Waals surface area (Å²) in [5.74, 6) is 0. The van der Waals surface area contributed by atoms with E-state index in [-0.39, 0.29) is 0 Å². The van der Waals surface area contributed by atoms with E-state index in [4.69, 9.17) is 0 Å². The molecule has 15 aromatic rings. The highest BCUT2D eigenvalue weighted by Crippen LogP contribution is 2.46. The number of allylic oxidation sites excluding steroid dienone is 1. The molecule has 0 aliphatic heterocycles. The number of aromatic nitrogens is 3. The van der Waals surface area contributed by atoms with Crippen LogP contribution in [0.2, 0.25) is 0 Å². The lowest BCUT2D eigenvalue weighted by Gasteiger charge is -2.26. The molecule has 392 valence electrons. The Hall–Kier alpha value is -10.9. The van der Waals surface area contributed by atoms with E-state index in [0.717, 1.165) is 85.7 Å². The Kier molecular flexibility index (Phi) is 11.6. The van der Waals surface area contributed by atoms with Crippen molar-refractivity contribution in [2.24, 2.45) is 0 Å². The summed E-state index contributed by atoms with van der Waals surface area (Å²) in [6.07, 6.45) is 6.68. The van der Waals surface area contributed by atoms with E-state index < -0.39 is 0 Å². The van der Waals surface area contributed by atoms with Crippen molar-refractivity contribution in [3.05, 3.63) is 315 Å². The first-order chi connectivity index (χ1) is 41.2. The summed E-state index contributed by atoms with van der Waals surface area (Å²) in [5.41, 5.74) is 23.1. The minimum atomic E-state index is 0.989. The van der Waals surface area contributed by atoms with E-state index in [1.54, 1.807) is 0 Å². The fraction of sp³-hybridized carbons (Fsp3) is 0.0256. The molecule has 0 atom stereocenters. The summed E-state index contributed by atoms with van der Waals surface area (Å²) < 4.78 is 7.29. The van der Waals surface area contributed by atoms with Gasteiger partial charge in [-0.15, -0.1) is 0 Å². The fourth-order valence-electron chi connectivity index (χ4n) is 13.1. The van der Waals surface area contributed by atoms with E-state index in [1.807, 2.05) is 0 Å². The normalized spacial score (nSPS) is 12.2. The lowest BCUT2D eigenvalue weighted by atomic mass is 10.0. The van der Waals surface area contributed by atoms with Crippen LogP contribution >= 0.6 is 0 Å². The van der Waals surface area contributed by atoms with Crippen LogP contribution in [0.5, 0.6) is 0 Å². The van der Waals surface area contributed by atoms with Gasteiger partial charge in [0.2, 0.25) is 0 Å². The van der Waals surface area contributed by atoms with Crippen LogP contribution in [0.4, 0.5) is 34.1 Å². The van der Waals surface area contributed by atoms with Gasteiger partial charge in [-0.05, 0) is 175 Å².